The van der Waals surface area contributed by atoms with E-state index >= 15 is 0 Å². The number of anilines is 1. The second kappa shape index (κ2) is 8.84. The highest BCUT2D eigenvalue weighted by atomic mass is 32.2. The molecule has 0 atom stereocenters. The number of aliphatic imine (C=N–C) groups is 1. The molecule has 1 rings (SSSR count). The van der Waals surface area contributed by atoms with Crippen molar-refractivity contribution in [2.45, 2.75) is 0 Å². The lowest BCUT2D eigenvalue weighted by Gasteiger charge is -2.11. The molecule has 0 aliphatic rings. The molecule has 8 heteroatoms. The van der Waals surface area contributed by atoms with Gasteiger partial charge in [0, 0.05) is 7.11 Å². The highest BCUT2D eigenvalue weighted by Gasteiger charge is 2.09. The van der Waals surface area contributed by atoms with Gasteiger partial charge in [0.1, 0.15) is 12.4 Å². The normalized spacial score (nSPS) is 10.7. The number of methoxy groups -OCH3 is 2. The summed E-state index contributed by atoms with van der Waals surface area (Å²) in [6, 6.07) is 5.06. The number of benzene rings is 1. The standard InChI is InChI=1S/C13H16N4O3S/c1-19-7-12(18)17-10-6-9(4-5-11(10)20-2)16-13(21-3)15-8-14/h4-6H,7H2,1-3H3,(H,15,16)(H,17,18). The van der Waals surface area contributed by atoms with Gasteiger partial charge >= 0.3 is 0 Å². The Bertz CT molecular complexity index is 569. The number of rotatable bonds is 5. The number of nitrogens with one attached hydrogen (secondary N) is 2. The Balaban J connectivity index is 3.04. The summed E-state index contributed by atoms with van der Waals surface area (Å²) in [7, 11) is 2.95. The average molecular weight is 308 g/mol. The van der Waals surface area contributed by atoms with Crippen LogP contribution < -0.4 is 15.4 Å². The largest absolute Gasteiger partial charge is 0.495 e. The number of hydrogen-bond donors (Lipinski definition) is 2. The molecule has 0 spiro atoms. The van der Waals surface area contributed by atoms with Crippen LogP contribution in [-0.2, 0) is 9.53 Å². The van der Waals surface area contributed by atoms with Crippen LogP contribution in [0.4, 0.5) is 11.4 Å². The molecule has 21 heavy (non-hydrogen) atoms. The summed E-state index contributed by atoms with van der Waals surface area (Å²) < 4.78 is 9.94. The van der Waals surface area contributed by atoms with E-state index in [2.05, 4.69) is 15.6 Å². The third-order valence-corrected chi connectivity index (χ3v) is 2.90. The molecule has 0 radical (unpaired) electrons. The summed E-state index contributed by atoms with van der Waals surface area (Å²) >= 11 is 1.30. The van der Waals surface area contributed by atoms with Crippen LogP contribution in [0.15, 0.2) is 23.2 Å². The number of ether oxygens (including phenoxy) is 2. The van der Waals surface area contributed by atoms with Crippen molar-refractivity contribution in [3.63, 3.8) is 0 Å². The van der Waals surface area contributed by atoms with Gasteiger partial charge in [-0.3, -0.25) is 10.1 Å². The summed E-state index contributed by atoms with van der Waals surface area (Å²) in [5.41, 5.74) is 1.06. The number of amides is 1. The maximum Gasteiger partial charge on any atom is 0.250 e. The highest BCUT2D eigenvalue weighted by molar-refractivity contribution is 8.13. The van der Waals surface area contributed by atoms with E-state index in [4.69, 9.17) is 14.7 Å². The molecule has 1 amide bonds. The Morgan fingerprint density at radius 3 is 2.81 bits per heavy atom. The van der Waals surface area contributed by atoms with Crippen LogP contribution in [0.2, 0.25) is 0 Å². The van der Waals surface area contributed by atoms with Crippen molar-refractivity contribution in [2.75, 3.05) is 32.4 Å². The molecule has 0 unspecified atom stereocenters. The lowest BCUT2D eigenvalue weighted by atomic mass is 10.2. The second-order valence-corrected chi connectivity index (χ2v) is 4.52. The van der Waals surface area contributed by atoms with Crippen molar-refractivity contribution in [3.8, 4) is 11.9 Å². The Morgan fingerprint density at radius 1 is 1.48 bits per heavy atom. The van der Waals surface area contributed by atoms with Gasteiger partial charge in [0.25, 0.3) is 0 Å². The zero-order chi connectivity index (χ0) is 15.7. The Kier molecular flexibility index (Phi) is 7.08. The average Bonchev–Trinajstić information content (AvgIpc) is 2.47. The van der Waals surface area contributed by atoms with Crippen LogP contribution in [0.5, 0.6) is 5.75 Å². The number of carbonyl (C=O) groups is 1. The molecule has 0 aromatic heterocycles. The van der Waals surface area contributed by atoms with E-state index in [1.54, 1.807) is 24.5 Å². The van der Waals surface area contributed by atoms with Crippen LogP contribution in [0.25, 0.3) is 0 Å². The number of nitriles is 1. The monoisotopic (exact) mass is 308 g/mol. The smallest absolute Gasteiger partial charge is 0.250 e. The summed E-state index contributed by atoms with van der Waals surface area (Å²) in [6.07, 6.45) is 3.61. The Labute approximate surface area is 127 Å². The van der Waals surface area contributed by atoms with Crippen LogP contribution in [-0.4, -0.2) is 38.2 Å². The van der Waals surface area contributed by atoms with Gasteiger partial charge in [-0.05, 0) is 24.5 Å². The fourth-order valence-electron chi connectivity index (χ4n) is 1.47. The molecule has 0 aliphatic carbocycles. The van der Waals surface area contributed by atoms with Gasteiger partial charge in [-0.15, -0.1) is 0 Å². The molecular formula is C13H16N4O3S. The quantitative estimate of drug-likeness (QED) is 0.372. The Morgan fingerprint density at radius 2 is 2.24 bits per heavy atom. The third-order valence-electron chi connectivity index (χ3n) is 2.32. The molecule has 0 saturated heterocycles. The molecule has 112 valence electrons. The Hall–Kier alpha value is -2.24. The predicted octanol–water partition coefficient (Wildman–Crippen LogP) is 1.70. The maximum absolute atomic E-state index is 11.6. The van der Waals surface area contributed by atoms with Crippen molar-refractivity contribution >= 4 is 34.2 Å². The molecule has 1 aromatic carbocycles. The molecule has 1 aromatic rings. The van der Waals surface area contributed by atoms with Crippen LogP contribution in [0.1, 0.15) is 0 Å². The van der Waals surface area contributed by atoms with Gasteiger partial charge in [0.05, 0.1) is 18.5 Å². The van der Waals surface area contributed by atoms with Gasteiger partial charge in [-0.1, -0.05) is 11.8 Å². The molecule has 0 heterocycles. The number of nitrogens with zero attached hydrogens (tertiary/aromatic N) is 2. The van der Waals surface area contributed by atoms with E-state index in [0.717, 1.165) is 0 Å². The minimum atomic E-state index is -0.294. The molecule has 2 N–H and O–H groups in total. The number of hydrogen-bond acceptors (Lipinski definition) is 6. The van der Waals surface area contributed by atoms with Crippen molar-refractivity contribution in [2.24, 2.45) is 4.99 Å². The van der Waals surface area contributed by atoms with Gasteiger partial charge in [-0.2, -0.15) is 5.26 Å². The van der Waals surface area contributed by atoms with Gasteiger partial charge < -0.3 is 14.8 Å². The van der Waals surface area contributed by atoms with Crippen molar-refractivity contribution < 1.29 is 14.3 Å². The summed E-state index contributed by atoms with van der Waals surface area (Å²) in [5.74, 6) is 0.217. The zero-order valence-corrected chi connectivity index (χ0v) is 12.8. The van der Waals surface area contributed by atoms with E-state index in [9.17, 15) is 4.79 Å². The SMILES string of the molecule is COCC(=O)Nc1cc(N=C(NC#N)SC)ccc1OC. The highest BCUT2D eigenvalue weighted by Crippen LogP contribution is 2.29. The lowest BCUT2D eigenvalue weighted by molar-refractivity contribution is -0.119. The summed E-state index contributed by atoms with van der Waals surface area (Å²) in [4.78, 5) is 15.8. The fraction of sp³-hybridized carbons (Fsp3) is 0.308. The fourth-order valence-corrected chi connectivity index (χ4v) is 1.81. The number of amidine groups is 1. The minimum absolute atomic E-state index is 0.0529. The van der Waals surface area contributed by atoms with E-state index in [1.165, 1.54) is 26.0 Å². The molecule has 0 aliphatic heterocycles. The second-order valence-electron chi connectivity index (χ2n) is 3.72. The summed E-state index contributed by atoms with van der Waals surface area (Å²) in [5, 5.41) is 14.2. The lowest BCUT2D eigenvalue weighted by Crippen LogP contribution is -2.17. The topological polar surface area (TPSA) is 95.7 Å². The predicted molar refractivity (Wildman–Crippen MR) is 82.9 cm³/mol. The first-order chi connectivity index (χ1) is 10.1. The van der Waals surface area contributed by atoms with E-state index < -0.39 is 0 Å². The van der Waals surface area contributed by atoms with Gasteiger partial charge in [-0.25, -0.2) is 4.99 Å². The van der Waals surface area contributed by atoms with E-state index in [0.29, 0.717) is 22.3 Å². The van der Waals surface area contributed by atoms with Crippen molar-refractivity contribution in [1.29, 1.82) is 5.26 Å². The number of carbonyl (C=O) groups excluding carboxylic acids is 1. The van der Waals surface area contributed by atoms with Gasteiger partial charge in [0.15, 0.2) is 11.4 Å². The molecule has 0 fully saturated rings. The first kappa shape index (κ1) is 16.8. The number of thioether (sulfide) groups is 1. The molecule has 7 nitrogen and oxygen atoms in total. The van der Waals surface area contributed by atoms with Crippen molar-refractivity contribution in [3.05, 3.63) is 18.2 Å². The third kappa shape index (κ3) is 5.33. The molecule has 0 bridgehead atoms. The first-order valence-corrected chi connectivity index (χ1v) is 7.11. The zero-order valence-electron chi connectivity index (χ0n) is 12.0. The van der Waals surface area contributed by atoms with Crippen LogP contribution in [0.3, 0.4) is 0 Å². The molecule has 0 saturated carbocycles. The van der Waals surface area contributed by atoms with Crippen molar-refractivity contribution in [1.82, 2.24) is 5.32 Å². The minimum Gasteiger partial charge on any atom is -0.495 e. The van der Waals surface area contributed by atoms with Gasteiger partial charge in [0.2, 0.25) is 5.91 Å². The first-order valence-electron chi connectivity index (χ1n) is 5.89. The van der Waals surface area contributed by atoms with E-state index in [-0.39, 0.29) is 12.5 Å². The molecular weight excluding hydrogens is 292 g/mol. The van der Waals surface area contributed by atoms with E-state index in [1.807, 2.05) is 6.19 Å². The summed E-state index contributed by atoms with van der Waals surface area (Å²) in [6.45, 7) is -0.0529. The van der Waals surface area contributed by atoms with Crippen LogP contribution >= 0.6 is 11.8 Å². The maximum atomic E-state index is 11.6. The van der Waals surface area contributed by atoms with Crippen LogP contribution in [0, 0.1) is 11.5 Å².